The molecule has 3 amide bonds. The lowest BCUT2D eigenvalue weighted by Gasteiger charge is -2.26. The van der Waals surface area contributed by atoms with Crippen LogP contribution in [0.5, 0.6) is 0 Å². The molecule has 0 fully saturated rings. The number of benzene rings is 4. The van der Waals surface area contributed by atoms with Gasteiger partial charge >= 0.3 is 0 Å². The lowest BCUT2D eigenvalue weighted by molar-refractivity contribution is -0.125. The monoisotopic (exact) mass is 1070 g/mol. The number of anilines is 1. The van der Waals surface area contributed by atoms with Gasteiger partial charge in [0.15, 0.2) is 15.6 Å². The Labute approximate surface area is 446 Å². The van der Waals surface area contributed by atoms with Crippen molar-refractivity contribution in [1.29, 1.82) is 0 Å². The molecule has 18 nitrogen and oxygen atoms in total. The number of carbonyl (C=O) groups is 4. The summed E-state index contributed by atoms with van der Waals surface area (Å²) in [6.45, 7) is 13.8. The van der Waals surface area contributed by atoms with Crippen LogP contribution in [0.4, 0.5) is 5.69 Å². The van der Waals surface area contributed by atoms with E-state index in [1.165, 1.54) is 36.4 Å². The zero-order chi connectivity index (χ0) is 54.1. The molecule has 4 aromatic rings. The highest BCUT2D eigenvalue weighted by Crippen LogP contribution is 2.26. The fraction of sp³-hybridized carbons (Fsp3) is 0.439. The van der Waals surface area contributed by atoms with Gasteiger partial charge in [-0.05, 0) is 55.0 Å². The standard InChI is InChI=1S/C57H71N3O15S/c1-45-11-19-52(20-12-45)76(65,66)44-46(2)56(63)49-15-17-50(18-16-49)57(64)59-24-26-68-28-30-70-32-34-72-36-38-74-40-42-75-41-39-73-37-35-71-33-31-69-29-27-67-25-23-58-54(61)21-22-55(62)60-43-51-9-4-3-7-47(51)13-14-48-8-5-6-10-53(48)60/h3-12,15-20H,2,21-44H2,1H3,(H,58,61)(H,59,64). The van der Waals surface area contributed by atoms with Crippen molar-refractivity contribution in [2.75, 3.05) is 143 Å². The number of ether oxygens (including phenoxy) is 9. The van der Waals surface area contributed by atoms with Gasteiger partial charge in [0.25, 0.3) is 5.91 Å². The van der Waals surface area contributed by atoms with Crippen LogP contribution in [-0.2, 0) is 68.6 Å². The third-order valence-corrected chi connectivity index (χ3v) is 13.0. The number of nitrogens with zero attached hydrogens (tertiary/aromatic N) is 1. The van der Waals surface area contributed by atoms with Crippen molar-refractivity contribution in [2.45, 2.75) is 31.2 Å². The number of sulfone groups is 1. The topological polar surface area (TPSA) is 213 Å². The number of fused-ring (bicyclic) bond motifs is 2. The zero-order valence-corrected chi connectivity index (χ0v) is 44.2. The number of Topliss-reactive ketones (excluding diaryl/α,β-unsaturated/α-hetero) is 1. The van der Waals surface area contributed by atoms with E-state index < -0.39 is 21.4 Å². The van der Waals surface area contributed by atoms with Gasteiger partial charge in [0.2, 0.25) is 11.8 Å². The smallest absolute Gasteiger partial charge is 0.251 e. The van der Waals surface area contributed by atoms with E-state index in [0.29, 0.717) is 131 Å². The van der Waals surface area contributed by atoms with Crippen LogP contribution in [0.1, 0.15) is 55.8 Å². The number of amides is 3. The van der Waals surface area contributed by atoms with E-state index in [1.54, 1.807) is 17.0 Å². The van der Waals surface area contributed by atoms with Crippen LogP contribution in [0, 0.1) is 18.8 Å². The number of aryl methyl sites for hydroxylation is 1. The Morgan fingerprint density at radius 1 is 0.526 bits per heavy atom. The summed E-state index contributed by atoms with van der Waals surface area (Å²) in [5.41, 5.74) is 4.81. The Bertz CT molecular complexity index is 2600. The number of hydrogen-bond donors (Lipinski definition) is 2. The van der Waals surface area contributed by atoms with E-state index in [0.717, 1.165) is 27.9 Å². The number of rotatable bonds is 39. The third kappa shape index (κ3) is 23.0. The number of carbonyl (C=O) groups excluding carboxylic acids is 4. The van der Waals surface area contributed by atoms with Gasteiger partial charge < -0.3 is 58.2 Å². The molecule has 2 N–H and O–H groups in total. The fourth-order valence-electron chi connectivity index (χ4n) is 7.22. The van der Waals surface area contributed by atoms with Crippen LogP contribution < -0.4 is 15.5 Å². The van der Waals surface area contributed by atoms with Crippen molar-refractivity contribution in [3.63, 3.8) is 0 Å². The second-order valence-corrected chi connectivity index (χ2v) is 19.1. The van der Waals surface area contributed by atoms with Crippen molar-refractivity contribution in [3.05, 3.63) is 143 Å². The molecule has 1 aliphatic heterocycles. The normalized spacial score (nSPS) is 11.9. The molecule has 0 saturated heterocycles. The van der Waals surface area contributed by atoms with Crippen LogP contribution in [0.3, 0.4) is 0 Å². The summed E-state index contributed by atoms with van der Waals surface area (Å²) in [5, 5.41) is 5.56. The van der Waals surface area contributed by atoms with E-state index in [9.17, 15) is 27.6 Å². The van der Waals surface area contributed by atoms with E-state index in [1.807, 2.05) is 55.5 Å². The SMILES string of the molecule is C=C(CS(=O)(=O)c1ccc(C)cc1)C(=O)c1ccc(C(=O)NCCOCCOCCOCCOCCOCCOCCOCCOCCOCCNC(=O)CCC(=O)N2Cc3ccccc3C#Cc3ccccc32)cc1. The lowest BCUT2D eigenvalue weighted by atomic mass is 10.0. The minimum Gasteiger partial charge on any atom is -0.377 e. The van der Waals surface area contributed by atoms with E-state index in [2.05, 4.69) is 29.1 Å². The molecule has 1 heterocycles. The molecule has 0 unspecified atom stereocenters. The first-order valence-electron chi connectivity index (χ1n) is 25.4. The van der Waals surface area contributed by atoms with Crippen molar-refractivity contribution < 1.29 is 70.2 Å². The minimum atomic E-state index is -3.73. The molecular weight excluding hydrogens is 999 g/mol. The van der Waals surface area contributed by atoms with Crippen LogP contribution in [0.25, 0.3) is 0 Å². The average Bonchev–Trinajstić information content (AvgIpc) is 3.42. The van der Waals surface area contributed by atoms with Gasteiger partial charge in [-0.15, -0.1) is 0 Å². The van der Waals surface area contributed by atoms with Gasteiger partial charge in [-0.2, -0.15) is 0 Å². The Morgan fingerprint density at radius 3 is 1.49 bits per heavy atom. The quantitative estimate of drug-likeness (QED) is 0.0263. The Hall–Kier alpha value is -6.15. The minimum absolute atomic E-state index is 0.0609. The molecule has 76 heavy (non-hydrogen) atoms. The average molecular weight is 1070 g/mol. The van der Waals surface area contributed by atoms with Crippen LogP contribution in [0.15, 0.2) is 114 Å². The first-order valence-corrected chi connectivity index (χ1v) is 27.0. The Balaban J connectivity index is 0.714. The maximum absolute atomic E-state index is 13.3. The van der Waals surface area contributed by atoms with Gasteiger partial charge in [0.1, 0.15) is 0 Å². The molecule has 1 aliphatic rings. The summed E-state index contributed by atoms with van der Waals surface area (Å²) in [6, 6.07) is 27.7. The molecule has 5 rings (SSSR count). The molecule has 19 heteroatoms. The molecule has 4 aromatic carbocycles. The molecule has 0 spiro atoms. The predicted octanol–water partition coefficient (Wildman–Crippen LogP) is 4.93. The first kappa shape index (κ1) is 60.7. The van der Waals surface area contributed by atoms with Crippen molar-refractivity contribution in [1.82, 2.24) is 10.6 Å². The maximum Gasteiger partial charge on any atom is 0.251 e. The fourth-order valence-corrected chi connectivity index (χ4v) is 8.52. The highest BCUT2D eigenvalue weighted by Gasteiger charge is 2.23. The summed E-state index contributed by atoms with van der Waals surface area (Å²) >= 11 is 0. The van der Waals surface area contributed by atoms with Gasteiger partial charge in [-0.1, -0.05) is 78.6 Å². The molecular formula is C57H71N3O15S. The lowest BCUT2D eigenvalue weighted by Crippen LogP contribution is -2.34. The molecule has 410 valence electrons. The maximum atomic E-state index is 13.3. The Morgan fingerprint density at radius 2 is 0.961 bits per heavy atom. The van der Waals surface area contributed by atoms with E-state index in [-0.39, 0.29) is 59.7 Å². The molecule has 0 atom stereocenters. The summed E-state index contributed by atoms with van der Waals surface area (Å²) in [6.07, 6.45) is 0.146. The van der Waals surface area contributed by atoms with Gasteiger partial charge in [0, 0.05) is 53.8 Å². The van der Waals surface area contributed by atoms with E-state index in [4.69, 9.17) is 42.6 Å². The van der Waals surface area contributed by atoms with Crippen LogP contribution >= 0.6 is 0 Å². The highest BCUT2D eigenvalue weighted by atomic mass is 32.2. The second kappa shape index (κ2) is 35.2. The van der Waals surface area contributed by atoms with Gasteiger partial charge in [-0.25, -0.2) is 8.42 Å². The van der Waals surface area contributed by atoms with E-state index >= 15 is 0 Å². The highest BCUT2D eigenvalue weighted by molar-refractivity contribution is 7.91. The van der Waals surface area contributed by atoms with Crippen molar-refractivity contribution in [3.8, 4) is 11.8 Å². The molecule has 0 radical (unpaired) electrons. The summed E-state index contributed by atoms with van der Waals surface area (Å²) in [7, 11) is -3.73. The second-order valence-electron chi connectivity index (χ2n) is 17.1. The van der Waals surface area contributed by atoms with Crippen LogP contribution in [-0.4, -0.2) is 170 Å². The molecule has 0 aliphatic carbocycles. The van der Waals surface area contributed by atoms with Crippen molar-refractivity contribution in [2.24, 2.45) is 0 Å². The number of ketones is 1. The summed E-state index contributed by atoms with van der Waals surface area (Å²) in [4.78, 5) is 53.0. The number of hydrogen-bond acceptors (Lipinski definition) is 15. The zero-order valence-electron chi connectivity index (χ0n) is 43.4. The third-order valence-electron chi connectivity index (χ3n) is 11.3. The van der Waals surface area contributed by atoms with Gasteiger partial charge in [0.05, 0.1) is 142 Å². The molecule has 0 aromatic heterocycles. The van der Waals surface area contributed by atoms with Crippen molar-refractivity contribution >= 4 is 39.0 Å². The number of nitrogens with one attached hydrogen (secondary N) is 2. The van der Waals surface area contributed by atoms with Gasteiger partial charge in [-0.3, -0.25) is 19.2 Å². The Kier molecular flexibility index (Phi) is 28.1. The summed E-state index contributed by atoms with van der Waals surface area (Å²) in [5.74, 6) is 4.70. The molecule has 0 bridgehead atoms. The van der Waals surface area contributed by atoms with Crippen LogP contribution in [0.2, 0.25) is 0 Å². The first-order chi connectivity index (χ1) is 37.0. The molecule has 0 saturated carbocycles. The number of para-hydroxylation sites is 1. The predicted molar refractivity (Wildman–Crippen MR) is 285 cm³/mol. The largest absolute Gasteiger partial charge is 0.377 e. The summed E-state index contributed by atoms with van der Waals surface area (Å²) < 4.78 is 75.1.